The third-order valence-corrected chi connectivity index (χ3v) is 4.83. The van der Waals surface area contributed by atoms with E-state index in [1.54, 1.807) is 24.8 Å². The number of rotatable bonds is 5. The molecule has 0 bridgehead atoms. The average Bonchev–Trinajstić information content (AvgIpc) is 2.91. The Morgan fingerprint density at radius 2 is 1.96 bits per heavy atom. The van der Waals surface area contributed by atoms with E-state index < -0.39 is 0 Å². The van der Waals surface area contributed by atoms with E-state index in [1.165, 1.54) is 4.88 Å². The Bertz CT molecular complexity index is 815. The van der Waals surface area contributed by atoms with Gasteiger partial charge in [-0.05, 0) is 24.6 Å². The van der Waals surface area contributed by atoms with Crippen LogP contribution in [0, 0.1) is 6.92 Å². The molecular weight excluding hydrogens is 310 g/mol. The number of likely N-dealkylation sites (N-methyl/N-ethyl adjacent to an activating group) is 1. The predicted molar refractivity (Wildman–Crippen MR) is 94.5 cm³/mol. The Kier molecular flexibility index (Phi) is 4.45. The van der Waals surface area contributed by atoms with Crippen LogP contribution in [0.1, 0.15) is 4.88 Å². The van der Waals surface area contributed by atoms with Crippen LogP contribution in [0.4, 0.5) is 5.82 Å². The number of fused-ring (bicyclic) bond motifs is 1. The Morgan fingerprint density at radius 3 is 2.61 bits per heavy atom. The summed E-state index contributed by atoms with van der Waals surface area (Å²) in [5.74, 6) is 1.68. The quantitative estimate of drug-likeness (QED) is 0.779. The number of methoxy groups -OCH3 is 1. The second kappa shape index (κ2) is 6.52. The molecule has 0 amide bonds. The van der Waals surface area contributed by atoms with Gasteiger partial charge in [-0.2, -0.15) is 0 Å². The molecule has 5 nitrogen and oxygen atoms in total. The van der Waals surface area contributed by atoms with Crippen molar-refractivity contribution in [2.45, 2.75) is 6.92 Å². The predicted octanol–water partition coefficient (Wildman–Crippen LogP) is 3.10. The fraction of sp³-hybridized carbons (Fsp3) is 0.294. The molecule has 1 aromatic carbocycles. The molecule has 0 saturated heterocycles. The lowest BCUT2D eigenvalue weighted by Crippen LogP contribution is -2.22. The normalized spacial score (nSPS) is 11.0. The zero-order valence-electron chi connectivity index (χ0n) is 13.4. The molecule has 120 valence electrons. The molecular formula is C17H19N3O2S. The van der Waals surface area contributed by atoms with Crippen LogP contribution in [0.5, 0.6) is 5.75 Å². The van der Waals surface area contributed by atoms with Crippen molar-refractivity contribution < 1.29 is 9.84 Å². The number of anilines is 1. The lowest BCUT2D eigenvalue weighted by molar-refractivity contribution is 0.304. The standard InChI is InChI=1S/C17H19N3O2S/c1-11-14(12-4-6-13(22-3)7-5-12)15-16(20(2)8-9-21)18-10-19-17(15)23-11/h4-7,10,21H,8-9H2,1-3H3. The zero-order chi connectivity index (χ0) is 16.4. The van der Waals surface area contributed by atoms with E-state index in [1.807, 2.05) is 24.1 Å². The van der Waals surface area contributed by atoms with Crippen LogP contribution in [0.25, 0.3) is 21.3 Å². The van der Waals surface area contributed by atoms with Crippen LogP contribution in [0.15, 0.2) is 30.6 Å². The van der Waals surface area contributed by atoms with Gasteiger partial charge in [-0.15, -0.1) is 11.3 Å². The van der Waals surface area contributed by atoms with E-state index >= 15 is 0 Å². The van der Waals surface area contributed by atoms with Crippen LogP contribution < -0.4 is 9.64 Å². The van der Waals surface area contributed by atoms with Gasteiger partial charge in [0.05, 0.1) is 19.1 Å². The number of ether oxygens (including phenoxy) is 1. The zero-order valence-corrected chi connectivity index (χ0v) is 14.2. The molecule has 23 heavy (non-hydrogen) atoms. The monoisotopic (exact) mass is 329 g/mol. The van der Waals surface area contributed by atoms with Gasteiger partial charge in [-0.25, -0.2) is 9.97 Å². The van der Waals surface area contributed by atoms with Crippen LogP contribution in [-0.2, 0) is 0 Å². The number of aliphatic hydroxyl groups excluding tert-OH is 1. The van der Waals surface area contributed by atoms with Crippen molar-refractivity contribution in [1.82, 2.24) is 9.97 Å². The Morgan fingerprint density at radius 1 is 1.22 bits per heavy atom. The third kappa shape index (κ3) is 2.87. The molecule has 2 aromatic heterocycles. The van der Waals surface area contributed by atoms with Gasteiger partial charge < -0.3 is 14.7 Å². The Hall–Kier alpha value is -2.18. The number of thiophene rings is 1. The first-order valence-corrected chi connectivity index (χ1v) is 8.18. The first kappa shape index (κ1) is 15.7. The van der Waals surface area contributed by atoms with E-state index in [9.17, 15) is 5.11 Å². The number of nitrogens with zero attached hydrogens (tertiary/aromatic N) is 3. The smallest absolute Gasteiger partial charge is 0.141 e. The second-order valence-corrected chi connectivity index (χ2v) is 6.49. The van der Waals surface area contributed by atoms with Crippen molar-refractivity contribution in [2.24, 2.45) is 0 Å². The van der Waals surface area contributed by atoms with Crippen molar-refractivity contribution in [3.05, 3.63) is 35.5 Å². The maximum atomic E-state index is 9.22. The number of aryl methyl sites for hydroxylation is 1. The number of aromatic nitrogens is 2. The van der Waals surface area contributed by atoms with Gasteiger partial charge in [-0.3, -0.25) is 0 Å². The van der Waals surface area contributed by atoms with Crippen LogP contribution in [-0.4, -0.2) is 42.4 Å². The summed E-state index contributed by atoms with van der Waals surface area (Å²) in [7, 11) is 3.60. The summed E-state index contributed by atoms with van der Waals surface area (Å²) in [5, 5.41) is 10.3. The molecule has 3 rings (SSSR count). The summed E-state index contributed by atoms with van der Waals surface area (Å²) in [6.45, 7) is 2.72. The molecule has 0 saturated carbocycles. The Balaban J connectivity index is 2.20. The molecule has 0 aliphatic heterocycles. The fourth-order valence-electron chi connectivity index (χ4n) is 2.68. The van der Waals surface area contributed by atoms with E-state index in [4.69, 9.17) is 4.74 Å². The minimum atomic E-state index is 0.0863. The topological polar surface area (TPSA) is 58.5 Å². The highest BCUT2D eigenvalue weighted by Gasteiger charge is 2.18. The molecule has 0 spiro atoms. The molecule has 0 aliphatic rings. The van der Waals surface area contributed by atoms with E-state index in [2.05, 4.69) is 29.0 Å². The van der Waals surface area contributed by atoms with Gasteiger partial charge in [0.15, 0.2) is 0 Å². The SMILES string of the molecule is COc1ccc(-c2c(C)sc3ncnc(N(C)CCO)c23)cc1. The summed E-state index contributed by atoms with van der Waals surface area (Å²) in [4.78, 5) is 13.0. The van der Waals surface area contributed by atoms with Crippen molar-refractivity contribution in [3.8, 4) is 16.9 Å². The van der Waals surface area contributed by atoms with Crippen molar-refractivity contribution in [1.29, 1.82) is 0 Å². The van der Waals surface area contributed by atoms with Crippen molar-refractivity contribution in [3.63, 3.8) is 0 Å². The number of aliphatic hydroxyl groups is 1. The number of hydrogen-bond acceptors (Lipinski definition) is 6. The molecule has 3 aromatic rings. The lowest BCUT2D eigenvalue weighted by Gasteiger charge is -2.18. The van der Waals surface area contributed by atoms with Gasteiger partial charge in [0.2, 0.25) is 0 Å². The number of hydrogen-bond donors (Lipinski definition) is 1. The van der Waals surface area contributed by atoms with Gasteiger partial charge in [0.1, 0.15) is 22.7 Å². The summed E-state index contributed by atoms with van der Waals surface area (Å²) < 4.78 is 5.24. The van der Waals surface area contributed by atoms with Crippen molar-refractivity contribution in [2.75, 3.05) is 32.2 Å². The molecule has 1 N–H and O–H groups in total. The minimum Gasteiger partial charge on any atom is -0.497 e. The van der Waals surface area contributed by atoms with Crippen LogP contribution in [0.2, 0.25) is 0 Å². The lowest BCUT2D eigenvalue weighted by atomic mass is 10.0. The molecule has 0 radical (unpaired) electrons. The first-order chi connectivity index (χ1) is 11.2. The summed E-state index contributed by atoms with van der Waals surface area (Å²) in [6, 6.07) is 8.02. The van der Waals surface area contributed by atoms with Gasteiger partial charge in [-0.1, -0.05) is 12.1 Å². The average molecular weight is 329 g/mol. The van der Waals surface area contributed by atoms with Gasteiger partial charge in [0.25, 0.3) is 0 Å². The second-order valence-electron chi connectivity index (χ2n) is 5.28. The summed E-state index contributed by atoms with van der Waals surface area (Å²) in [6.07, 6.45) is 1.58. The molecule has 0 unspecified atom stereocenters. The molecule has 2 heterocycles. The van der Waals surface area contributed by atoms with E-state index in [-0.39, 0.29) is 6.61 Å². The Labute approximate surface area is 139 Å². The first-order valence-electron chi connectivity index (χ1n) is 7.36. The maximum Gasteiger partial charge on any atom is 0.141 e. The maximum absolute atomic E-state index is 9.22. The van der Waals surface area contributed by atoms with E-state index in [0.717, 1.165) is 32.9 Å². The molecule has 0 fully saturated rings. The van der Waals surface area contributed by atoms with E-state index in [0.29, 0.717) is 6.54 Å². The molecule has 0 atom stereocenters. The highest BCUT2D eigenvalue weighted by Crippen LogP contribution is 2.41. The summed E-state index contributed by atoms with van der Waals surface area (Å²) in [5.41, 5.74) is 2.26. The highest BCUT2D eigenvalue weighted by atomic mass is 32.1. The molecule has 6 heteroatoms. The minimum absolute atomic E-state index is 0.0863. The van der Waals surface area contributed by atoms with Crippen LogP contribution >= 0.6 is 11.3 Å². The highest BCUT2D eigenvalue weighted by molar-refractivity contribution is 7.19. The third-order valence-electron chi connectivity index (χ3n) is 3.82. The fourth-order valence-corrected chi connectivity index (χ4v) is 3.69. The van der Waals surface area contributed by atoms with Gasteiger partial charge in [0, 0.05) is 24.0 Å². The van der Waals surface area contributed by atoms with Crippen LogP contribution in [0.3, 0.4) is 0 Å². The molecule has 0 aliphatic carbocycles. The van der Waals surface area contributed by atoms with Crippen molar-refractivity contribution >= 4 is 27.4 Å². The van der Waals surface area contributed by atoms with Gasteiger partial charge >= 0.3 is 0 Å². The summed E-state index contributed by atoms with van der Waals surface area (Å²) >= 11 is 1.66. The number of benzene rings is 1. The largest absolute Gasteiger partial charge is 0.497 e.